The average Bonchev–Trinajstić information content (AvgIpc) is 3.42. The molecular weight excluding hydrogens is 386 g/mol. The molecule has 1 amide bonds. The molecule has 1 aliphatic heterocycles. The van der Waals surface area contributed by atoms with Crippen molar-refractivity contribution in [2.75, 3.05) is 31.9 Å². The van der Waals surface area contributed by atoms with Crippen LogP contribution in [0, 0.1) is 0 Å². The number of benzene rings is 1. The number of hydrogen-bond donors (Lipinski definition) is 0. The summed E-state index contributed by atoms with van der Waals surface area (Å²) in [4.78, 5) is 17.0. The van der Waals surface area contributed by atoms with Gasteiger partial charge in [-0.15, -0.1) is 10.2 Å². The predicted molar refractivity (Wildman–Crippen MR) is 112 cm³/mol. The van der Waals surface area contributed by atoms with Gasteiger partial charge in [-0.25, -0.2) is 0 Å². The lowest BCUT2D eigenvalue weighted by Crippen LogP contribution is -2.48. The Labute approximate surface area is 174 Å². The number of furan rings is 1. The molecule has 0 aliphatic carbocycles. The molecule has 0 atom stereocenters. The fourth-order valence-electron chi connectivity index (χ4n) is 3.48. The van der Waals surface area contributed by atoms with Gasteiger partial charge in [0, 0.05) is 39.3 Å². The maximum atomic E-state index is 12.7. The summed E-state index contributed by atoms with van der Waals surface area (Å²) in [7, 11) is 0. The highest BCUT2D eigenvalue weighted by molar-refractivity contribution is 7.99. The molecule has 0 bridgehead atoms. The normalized spacial score (nSPS) is 15.0. The summed E-state index contributed by atoms with van der Waals surface area (Å²) >= 11 is 1.44. The van der Waals surface area contributed by atoms with Crippen molar-refractivity contribution in [3.8, 4) is 11.6 Å². The van der Waals surface area contributed by atoms with Gasteiger partial charge in [-0.1, -0.05) is 42.1 Å². The molecule has 0 spiro atoms. The van der Waals surface area contributed by atoms with Crippen molar-refractivity contribution in [2.45, 2.75) is 25.2 Å². The van der Waals surface area contributed by atoms with Crippen LogP contribution in [-0.2, 0) is 17.9 Å². The van der Waals surface area contributed by atoms with Gasteiger partial charge < -0.3 is 9.32 Å². The molecule has 152 valence electrons. The summed E-state index contributed by atoms with van der Waals surface area (Å²) in [6.45, 7) is 7.03. The number of nitrogens with zero attached hydrogens (tertiary/aromatic N) is 5. The smallest absolute Gasteiger partial charge is 0.233 e. The van der Waals surface area contributed by atoms with Gasteiger partial charge >= 0.3 is 0 Å². The quantitative estimate of drug-likeness (QED) is 0.557. The van der Waals surface area contributed by atoms with E-state index in [-0.39, 0.29) is 5.91 Å². The molecule has 3 heterocycles. The molecule has 0 unspecified atom stereocenters. The van der Waals surface area contributed by atoms with E-state index in [1.807, 2.05) is 34.6 Å². The van der Waals surface area contributed by atoms with E-state index in [1.54, 1.807) is 6.26 Å². The molecule has 1 fully saturated rings. The largest absolute Gasteiger partial charge is 0.461 e. The van der Waals surface area contributed by atoms with E-state index in [0.717, 1.165) is 44.4 Å². The third-order valence-corrected chi connectivity index (χ3v) is 6.02. The Morgan fingerprint density at radius 1 is 1.07 bits per heavy atom. The molecule has 4 rings (SSSR count). The first kappa shape index (κ1) is 19.7. The fraction of sp³-hybridized carbons (Fsp3) is 0.381. The van der Waals surface area contributed by atoms with Crippen molar-refractivity contribution in [3.63, 3.8) is 0 Å². The van der Waals surface area contributed by atoms with Crippen LogP contribution in [-0.4, -0.2) is 62.4 Å². The molecule has 29 heavy (non-hydrogen) atoms. The average molecular weight is 412 g/mol. The molecule has 2 aromatic heterocycles. The Hall–Kier alpha value is -2.58. The molecule has 3 aromatic rings. The van der Waals surface area contributed by atoms with Crippen LogP contribution in [0.3, 0.4) is 0 Å². The first-order chi connectivity index (χ1) is 14.2. The molecule has 7 nitrogen and oxygen atoms in total. The van der Waals surface area contributed by atoms with E-state index in [4.69, 9.17) is 4.42 Å². The number of piperazine rings is 1. The second-order valence-electron chi connectivity index (χ2n) is 6.96. The lowest BCUT2D eigenvalue weighted by Gasteiger charge is -2.34. The van der Waals surface area contributed by atoms with Crippen molar-refractivity contribution in [2.24, 2.45) is 0 Å². The number of rotatable bonds is 7. The number of amides is 1. The van der Waals surface area contributed by atoms with Crippen LogP contribution in [0.15, 0.2) is 58.3 Å². The number of aromatic nitrogens is 3. The van der Waals surface area contributed by atoms with E-state index < -0.39 is 0 Å². The third-order valence-electron chi connectivity index (χ3n) is 5.07. The standard InChI is InChI=1S/C21H25N5O2S/c1-2-26-20(18-9-6-14-28-18)22-23-21(26)29-16-19(27)25-12-10-24(11-13-25)15-17-7-4-3-5-8-17/h3-9,14H,2,10-13,15-16H2,1H3. The maximum absolute atomic E-state index is 12.7. The summed E-state index contributed by atoms with van der Waals surface area (Å²) in [5, 5.41) is 9.24. The van der Waals surface area contributed by atoms with Crippen LogP contribution in [0.25, 0.3) is 11.6 Å². The zero-order valence-corrected chi connectivity index (χ0v) is 17.3. The van der Waals surface area contributed by atoms with Crippen molar-refractivity contribution in [1.29, 1.82) is 0 Å². The highest BCUT2D eigenvalue weighted by Gasteiger charge is 2.22. The minimum Gasteiger partial charge on any atom is -0.461 e. The Morgan fingerprint density at radius 2 is 1.86 bits per heavy atom. The van der Waals surface area contributed by atoms with Gasteiger partial charge in [0.25, 0.3) is 0 Å². The Morgan fingerprint density at radius 3 is 2.55 bits per heavy atom. The van der Waals surface area contributed by atoms with Crippen molar-refractivity contribution in [1.82, 2.24) is 24.6 Å². The highest BCUT2D eigenvalue weighted by atomic mass is 32.2. The van der Waals surface area contributed by atoms with Gasteiger partial charge in [0.1, 0.15) is 0 Å². The summed E-state index contributed by atoms with van der Waals surface area (Å²) in [5.74, 6) is 1.91. The number of thioether (sulfide) groups is 1. The van der Waals surface area contributed by atoms with E-state index >= 15 is 0 Å². The van der Waals surface area contributed by atoms with Crippen LogP contribution < -0.4 is 0 Å². The summed E-state index contributed by atoms with van der Waals surface area (Å²) < 4.78 is 7.42. The molecule has 1 aromatic carbocycles. The predicted octanol–water partition coefficient (Wildman–Crippen LogP) is 2.99. The van der Waals surface area contributed by atoms with Gasteiger partial charge in [0.2, 0.25) is 5.91 Å². The van der Waals surface area contributed by atoms with E-state index in [0.29, 0.717) is 17.3 Å². The molecule has 1 saturated heterocycles. The van der Waals surface area contributed by atoms with Crippen LogP contribution in [0.5, 0.6) is 0 Å². The molecule has 1 aliphatic rings. The summed E-state index contributed by atoms with van der Waals surface area (Å²) in [5.41, 5.74) is 1.31. The Kier molecular flexibility index (Phi) is 6.31. The monoisotopic (exact) mass is 411 g/mol. The van der Waals surface area contributed by atoms with Gasteiger partial charge in [0.15, 0.2) is 16.7 Å². The topological polar surface area (TPSA) is 67.4 Å². The van der Waals surface area contributed by atoms with E-state index in [2.05, 4.69) is 39.4 Å². The third kappa shape index (κ3) is 4.71. The second-order valence-corrected chi connectivity index (χ2v) is 7.90. The van der Waals surface area contributed by atoms with Gasteiger partial charge in [-0.3, -0.25) is 14.3 Å². The molecule has 0 saturated carbocycles. The first-order valence-corrected chi connectivity index (χ1v) is 10.9. The van der Waals surface area contributed by atoms with Crippen LogP contribution >= 0.6 is 11.8 Å². The zero-order chi connectivity index (χ0) is 20.1. The van der Waals surface area contributed by atoms with Gasteiger partial charge in [-0.2, -0.15) is 0 Å². The number of carbonyl (C=O) groups excluding carboxylic acids is 1. The fourth-order valence-corrected chi connectivity index (χ4v) is 4.39. The first-order valence-electron chi connectivity index (χ1n) is 9.88. The number of carbonyl (C=O) groups is 1. The Bertz CT molecular complexity index is 918. The SMILES string of the molecule is CCn1c(SCC(=O)N2CCN(Cc3ccccc3)CC2)nnc1-c1ccco1. The van der Waals surface area contributed by atoms with Crippen molar-refractivity contribution >= 4 is 17.7 Å². The molecule has 0 N–H and O–H groups in total. The second kappa shape index (κ2) is 9.28. The van der Waals surface area contributed by atoms with Crippen molar-refractivity contribution < 1.29 is 9.21 Å². The van der Waals surface area contributed by atoms with Crippen LogP contribution in [0.4, 0.5) is 0 Å². The van der Waals surface area contributed by atoms with Crippen molar-refractivity contribution in [3.05, 3.63) is 54.3 Å². The zero-order valence-electron chi connectivity index (χ0n) is 16.5. The van der Waals surface area contributed by atoms with Gasteiger partial charge in [0.05, 0.1) is 12.0 Å². The minimum absolute atomic E-state index is 0.152. The summed E-state index contributed by atoms with van der Waals surface area (Å²) in [6, 6.07) is 14.2. The van der Waals surface area contributed by atoms with Crippen LogP contribution in [0.1, 0.15) is 12.5 Å². The highest BCUT2D eigenvalue weighted by Crippen LogP contribution is 2.24. The Balaban J connectivity index is 1.29. The maximum Gasteiger partial charge on any atom is 0.233 e. The van der Waals surface area contributed by atoms with Gasteiger partial charge in [-0.05, 0) is 24.6 Å². The van der Waals surface area contributed by atoms with E-state index in [9.17, 15) is 4.79 Å². The minimum atomic E-state index is 0.152. The summed E-state index contributed by atoms with van der Waals surface area (Å²) in [6.07, 6.45) is 1.62. The van der Waals surface area contributed by atoms with Crippen LogP contribution in [0.2, 0.25) is 0 Å². The molecule has 8 heteroatoms. The van der Waals surface area contributed by atoms with E-state index in [1.165, 1.54) is 17.3 Å². The lowest BCUT2D eigenvalue weighted by molar-refractivity contribution is -0.130. The molecular formula is C21H25N5O2S. The lowest BCUT2D eigenvalue weighted by atomic mass is 10.2. The number of hydrogen-bond acceptors (Lipinski definition) is 6. The molecule has 0 radical (unpaired) electrons.